The molecule has 1 aliphatic heterocycles. The fourth-order valence-corrected chi connectivity index (χ4v) is 1.07. The van der Waals surface area contributed by atoms with Crippen LogP contribution in [0.3, 0.4) is 0 Å². The van der Waals surface area contributed by atoms with Crippen molar-refractivity contribution in [3.63, 3.8) is 0 Å². The van der Waals surface area contributed by atoms with Crippen LogP contribution in [0.15, 0.2) is 0 Å². The van der Waals surface area contributed by atoms with Crippen LogP contribution < -0.4 is 5.73 Å². The van der Waals surface area contributed by atoms with E-state index < -0.39 is 6.04 Å². The fraction of sp³-hybridized carbons (Fsp3) is 0.875. The van der Waals surface area contributed by atoms with Gasteiger partial charge >= 0.3 is 5.97 Å². The van der Waals surface area contributed by atoms with Crippen LogP contribution >= 0.6 is 0 Å². The number of hydrogen-bond donors (Lipinski definition) is 1. The summed E-state index contributed by atoms with van der Waals surface area (Å²) in [4.78, 5) is 11.0. The van der Waals surface area contributed by atoms with Gasteiger partial charge in [0.05, 0.1) is 13.2 Å². The molecule has 0 radical (unpaired) electrons. The summed E-state index contributed by atoms with van der Waals surface area (Å²) in [6.07, 6.45) is 1.59. The second-order valence-corrected chi connectivity index (χ2v) is 3.04. The van der Waals surface area contributed by atoms with Crippen molar-refractivity contribution in [3.8, 4) is 0 Å². The zero-order chi connectivity index (χ0) is 8.97. The number of nitrogens with two attached hydrogens (primary N) is 1. The van der Waals surface area contributed by atoms with Gasteiger partial charge in [0, 0.05) is 12.8 Å². The van der Waals surface area contributed by atoms with E-state index in [0.29, 0.717) is 13.2 Å². The maximum absolute atomic E-state index is 11.0. The van der Waals surface area contributed by atoms with Gasteiger partial charge in [0.1, 0.15) is 12.1 Å². The highest BCUT2D eigenvalue weighted by atomic mass is 16.6. The normalized spacial score (nSPS) is 21.8. The predicted octanol–water partition coefficient (Wildman–Crippen LogP) is 0.0558. The first-order valence-electron chi connectivity index (χ1n) is 4.24. The molecule has 0 aliphatic carbocycles. The Balaban J connectivity index is 2.24. The lowest BCUT2D eigenvalue weighted by Gasteiger charge is -2.22. The Morgan fingerprint density at radius 3 is 2.67 bits per heavy atom. The molecule has 0 unspecified atom stereocenters. The molecule has 0 saturated carbocycles. The van der Waals surface area contributed by atoms with Crippen LogP contribution in [0.25, 0.3) is 0 Å². The van der Waals surface area contributed by atoms with Gasteiger partial charge in [-0.25, -0.2) is 0 Å². The van der Waals surface area contributed by atoms with Crippen LogP contribution in [-0.2, 0) is 14.3 Å². The summed E-state index contributed by atoms with van der Waals surface area (Å²) < 4.78 is 10.2. The summed E-state index contributed by atoms with van der Waals surface area (Å²) >= 11 is 0. The molecule has 12 heavy (non-hydrogen) atoms. The second-order valence-electron chi connectivity index (χ2n) is 3.04. The number of hydrogen-bond acceptors (Lipinski definition) is 4. The summed E-state index contributed by atoms with van der Waals surface area (Å²) in [7, 11) is 0. The zero-order valence-electron chi connectivity index (χ0n) is 7.29. The molecule has 1 rings (SSSR count). The molecule has 0 spiro atoms. The van der Waals surface area contributed by atoms with E-state index >= 15 is 0 Å². The Bertz CT molecular complexity index is 152. The summed E-state index contributed by atoms with van der Waals surface area (Å²) in [5.41, 5.74) is 5.35. The van der Waals surface area contributed by atoms with Gasteiger partial charge in [0.2, 0.25) is 0 Å². The first-order valence-corrected chi connectivity index (χ1v) is 4.24. The zero-order valence-corrected chi connectivity index (χ0v) is 7.29. The molecule has 4 heteroatoms. The van der Waals surface area contributed by atoms with Gasteiger partial charge < -0.3 is 15.2 Å². The maximum atomic E-state index is 11.0. The molecule has 0 aromatic carbocycles. The largest absolute Gasteiger partial charge is 0.461 e. The van der Waals surface area contributed by atoms with E-state index in [1.54, 1.807) is 6.92 Å². The Labute approximate surface area is 72.0 Å². The highest BCUT2D eigenvalue weighted by Gasteiger charge is 2.19. The third-order valence-electron chi connectivity index (χ3n) is 1.82. The first-order chi connectivity index (χ1) is 5.70. The van der Waals surface area contributed by atoms with Crippen molar-refractivity contribution in [1.29, 1.82) is 0 Å². The molecule has 1 heterocycles. The fourth-order valence-electron chi connectivity index (χ4n) is 1.07. The van der Waals surface area contributed by atoms with Crippen LogP contribution in [0, 0.1) is 0 Å². The summed E-state index contributed by atoms with van der Waals surface area (Å²) in [6, 6.07) is -0.521. The van der Waals surface area contributed by atoms with Crippen molar-refractivity contribution >= 4 is 5.97 Å². The molecule has 70 valence electrons. The molecule has 1 fully saturated rings. The van der Waals surface area contributed by atoms with Crippen LogP contribution in [0.2, 0.25) is 0 Å². The standard InChI is InChI=1S/C8H15NO3/c1-6(9)8(10)12-7-2-4-11-5-3-7/h6-7H,2-5,9H2,1H3/t6-/m0/s1. The highest BCUT2D eigenvalue weighted by Crippen LogP contribution is 2.10. The van der Waals surface area contributed by atoms with E-state index in [9.17, 15) is 4.79 Å². The second kappa shape index (κ2) is 4.42. The van der Waals surface area contributed by atoms with Gasteiger partial charge in [-0.2, -0.15) is 0 Å². The van der Waals surface area contributed by atoms with Gasteiger partial charge in [-0.1, -0.05) is 0 Å². The number of carbonyl (C=O) groups is 1. The van der Waals surface area contributed by atoms with Crippen molar-refractivity contribution in [2.75, 3.05) is 13.2 Å². The number of carbonyl (C=O) groups excluding carboxylic acids is 1. The molecule has 4 nitrogen and oxygen atoms in total. The van der Waals surface area contributed by atoms with Gasteiger partial charge in [-0.05, 0) is 6.92 Å². The van der Waals surface area contributed by atoms with Crippen LogP contribution in [0.1, 0.15) is 19.8 Å². The van der Waals surface area contributed by atoms with Gasteiger partial charge in [-0.3, -0.25) is 4.79 Å². The lowest BCUT2D eigenvalue weighted by atomic mass is 10.1. The minimum absolute atomic E-state index is 0.0113. The van der Waals surface area contributed by atoms with Crippen molar-refractivity contribution in [2.45, 2.75) is 31.9 Å². The monoisotopic (exact) mass is 173 g/mol. The van der Waals surface area contributed by atoms with E-state index in [4.69, 9.17) is 15.2 Å². The van der Waals surface area contributed by atoms with Crippen molar-refractivity contribution < 1.29 is 14.3 Å². The summed E-state index contributed by atoms with van der Waals surface area (Å²) in [5, 5.41) is 0. The van der Waals surface area contributed by atoms with Gasteiger partial charge in [0.25, 0.3) is 0 Å². The minimum atomic E-state index is -0.521. The van der Waals surface area contributed by atoms with Crippen molar-refractivity contribution in [1.82, 2.24) is 0 Å². The molecule has 2 N–H and O–H groups in total. The minimum Gasteiger partial charge on any atom is -0.461 e. The average molecular weight is 173 g/mol. The van der Waals surface area contributed by atoms with Crippen LogP contribution in [0.4, 0.5) is 0 Å². The molecular weight excluding hydrogens is 158 g/mol. The summed E-state index contributed by atoms with van der Waals surface area (Å²) in [6.45, 7) is 2.98. The van der Waals surface area contributed by atoms with Crippen LogP contribution in [-0.4, -0.2) is 31.3 Å². The lowest BCUT2D eigenvalue weighted by Crippen LogP contribution is -2.34. The SMILES string of the molecule is C[C@H](N)C(=O)OC1CCOCC1. The van der Waals surface area contributed by atoms with Gasteiger partial charge in [0.15, 0.2) is 0 Å². The van der Waals surface area contributed by atoms with Crippen molar-refractivity contribution in [2.24, 2.45) is 5.73 Å². The first kappa shape index (κ1) is 9.48. The Morgan fingerprint density at radius 2 is 2.17 bits per heavy atom. The molecule has 1 saturated heterocycles. The molecule has 1 atom stereocenters. The smallest absolute Gasteiger partial charge is 0.322 e. The maximum Gasteiger partial charge on any atom is 0.322 e. The quantitative estimate of drug-likeness (QED) is 0.600. The van der Waals surface area contributed by atoms with Gasteiger partial charge in [-0.15, -0.1) is 0 Å². The van der Waals surface area contributed by atoms with Crippen LogP contribution in [0.5, 0.6) is 0 Å². The Kier molecular flexibility index (Phi) is 3.49. The van der Waals surface area contributed by atoms with E-state index in [1.807, 2.05) is 0 Å². The number of rotatable bonds is 2. The Hall–Kier alpha value is -0.610. The lowest BCUT2D eigenvalue weighted by molar-refractivity contribution is -0.154. The topological polar surface area (TPSA) is 61.6 Å². The Morgan fingerprint density at radius 1 is 1.58 bits per heavy atom. The van der Waals surface area contributed by atoms with E-state index in [0.717, 1.165) is 12.8 Å². The van der Waals surface area contributed by atoms with Crippen molar-refractivity contribution in [3.05, 3.63) is 0 Å². The third kappa shape index (κ3) is 2.79. The van der Waals surface area contributed by atoms with E-state index in [-0.39, 0.29) is 12.1 Å². The summed E-state index contributed by atoms with van der Waals surface area (Å²) in [5.74, 6) is -0.318. The number of ether oxygens (including phenoxy) is 2. The molecule has 0 aromatic heterocycles. The predicted molar refractivity (Wildman–Crippen MR) is 43.6 cm³/mol. The van der Waals surface area contributed by atoms with E-state index in [1.165, 1.54) is 0 Å². The molecule has 0 aromatic rings. The molecular formula is C8H15NO3. The number of esters is 1. The average Bonchev–Trinajstić information content (AvgIpc) is 2.06. The molecule has 0 amide bonds. The third-order valence-corrected chi connectivity index (χ3v) is 1.82. The highest BCUT2D eigenvalue weighted by molar-refractivity contribution is 5.75. The van der Waals surface area contributed by atoms with E-state index in [2.05, 4.69) is 0 Å². The molecule has 1 aliphatic rings. The molecule has 0 bridgehead atoms.